The van der Waals surface area contributed by atoms with Gasteiger partial charge in [-0.15, -0.1) is 23.5 Å². The van der Waals surface area contributed by atoms with Gasteiger partial charge in [0.05, 0.1) is 71.4 Å². The smallest absolute Gasteiger partial charge is 0.246 e. The molecule has 15 nitrogen and oxygen atoms in total. The molecule has 0 spiro atoms. The molecule has 0 bridgehead atoms. The van der Waals surface area contributed by atoms with Gasteiger partial charge in [0.25, 0.3) is 0 Å². The summed E-state index contributed by atoms with van der Waals surface area (Å²) < 4.78 is 19.8. The molecule has 2 aromatic rings. The summed E-state index contributed by atoms with van der Waals surface area (Å²) in [6.45, 7) is 13.5. The second-order valence-electron chi connectivity index (χ2n) is 21.6. The van der Waals surface area contributed by atoms with Crippen LogP contribution >= 0.6 is 48.0 Å². The van der Waals surface area contributed by atoms with Gasteiger partial charge in [0.2, 0.25) is 23.6 Å². The Labute approximate surface area is 438 Å². The maximum Gasteiger partial charge on any atom is 0.246 e. The average Bonchev–Trinajstić information content (AvgIpc) is 4.00. The number of nitrogens with zero attached hydrogens (tertiary/aromatic N) is 2. The molecule has 2 aliphatic carbocycles. The number of carbonyl (C=O) groups is 4. The van der Waals surface area contributed by atoms with Crippen LogP contribution in [0.15, 0.2) is 48.5 Å². The molecule has 71 heavy (non-hydrogen) atoms. The number of ether oxygens (including phenoxy) is 3. The molecule has 2 aromatic carbocycles. The van der Waals surface area contributed by atoms with Crippen molar-refractivity contribution in [2.24, 2.45) is 22.3 Å². The van der Waals surface area contributed by atoms with Crippen LogP contribution in [-0.4, -0.2) is 154 Å². The summed E-state index contributed by atoms with van der Waals surface area (Å²) in [5.41, 5.74) is 16.0. The van der Waals surface area contributed by atoms with Gasteiger partial charge in [0.15, 0.2) is 0 Å². The predicted molar refractivity (Wildman–Crippen MR) is 288 cm³/mol. The van der Waals surface area contributed by atoms with Gasteiger partial charge in [-0.1, -0.05) is 101 Å². The lowest BCUT2D eigenvalue weighted by Gasteiger charge is -2.33. The number of rotatable bonds is 18. The van der Waals surface area contributed by atoms with E-state index in [1.54, 1.807) is 33.3 Å². The Hall–Kier alpha value is -3.40. The summed E-state index contributed by atoms with van der Waals surface area (Å²) in [5, 5.41) is 12.6. The molecule has 388 valence electrons. The van der Waals surface area contributed by atoms with Gasteiger partial charge in [-0.2, -0.15) is 0 Å². The Bertz CT molecular complexity index is 2180. The van der Waals surface area contributed by atoms with Crippen LogP contribution in [0.3, 0.4) is 0 Å². The molecule has 4 saturated heterocycles. The fourth-order valence-electron chi connectivity index (χ4n) is 12.3. The molecule has 4 aliphatic heterocycles. The number of thiocarbonyl (C=S) groups is 2. The highest BCUT2D eigenvalue weighted by molar-refractivity contribution is 8.00. The third-order valence-electron chi connectivity index (χ3n) is 16.0. The molecule has 0 saturated carbocycles. The van der Waals surface area contributed by atoms with E-state index < -0.39 is 46.8 Å². The number of carbonyl (C=O) groups excluding carboxylic acids is 4. The summed E-state index contributed by atoms with van der Waals surface area (Å²) in [5.74, 6) is -1.34. The second kappa shape index (κ2) is 22.2. The summed E-state index contributed by atoms with van der Waals surface area (Å²) in [7, 11) is 3.67. The molecule has 8 unspecified atom stereocenters. The minimum Gasteiger partial charge on any atom is -0.377 e. The molecule has 4 heterocycles. The first-order chi connectivity index (χ1) is 33.8. The lowest BCUT2D eigenvalue weighted by molar-refractivity contribution is -0.141. The third kappa shape index (κ3) is 11.0. The Morgan fingerprint density at radius 1 is 0.676 bits per heavy atom. The maximum absolute atomic E-state index is 14.6. The number of nitrogens with two attached hydrogens (primary N) is 2. The Balaban J connectivity index is 0.934. The fourth-order valence-corrected chi connectivity index (χ4v) is 17.0. The van der Waals surface area contributed by atoms with Gasteiger partial charge < -0.3 is 56.7 Å². The second-order valence-corrected chi connectivity index (χ2v) is 25.4. The van der Waals surface area contributed by atoms with Crippen LogP contribution in [0.25, 0.3) is 0 Å². The molecule has 14 atom stereocenters. The van der Waals surface area contributed by atoms with Crippen molar-refractivity contribution in [2.45, 2.75) is 162 Å². The zero-order valence-electron chi connectivity index (χ0n) is 42.3. The van der Waals surface area contributed by atoms with Gasteiger partial charge >= 0.3 is 0 Å². The van der Waals surface area contributed by atoms with E-state index in [-0.39, 0.29) is 69.2 Å². The lowest BCUT2D eigenvalue weighted by Crippen LogP contribution is -2.57. The monoisotopic (exact) mass is 1050 g/mol. The van der Waals surface area contributed by atoms with Crippen molar-refractivity contribution in [1.29, 1.82) is 0 Å². The molecule has 6 aliphatic rings. The van der Waals surface area contributed by atoms with Crippen molar-refractivity contribution in [3.8, 4) is 0 Å². The minimum atomic E-state index is -0.736. The first-order valence-electron chi connectivity index (χ1n) is 25.2. The highest BCUT2D eigenvalue weighted by atomic mass is 32.2. The van der Waals surface area contributed by atoms with Gasteiger partial charge in [-0.25, -0.2) is 0 Å². The fraction of sp³-hybridized carbons (Fsp3) is 0.654. The number of thioether (sulfide) groups is 2. The Morgan fingerprint density at radius 2 is 1.06 bits per heavy atom. The van der Waals surface area contributed by atoms with Crippen LogP contribution < -0.4 is 32.7 Å². The van der Waals surface area contributed by atoms with E-state index in [4.69, 9.17) is 50.1 Å². The van der Waals surface area contributed by atoms with Crippen molar-refractivity contribution >= 4 is 81.6 Å². The van der Waals surface area contributed by atoms with Crippen molar-refractivity contribution in [1.82, 2.24) is 31.1 Å². The molecule has 4 amide bonds. The number of primary amides is 2. The molecular weight excluding hydrogens is 977 g/mol. The zero-order chi connectivity index (χ0) is 51.1. The molecule has 19 heteroatoms. The Morgan fingerprint density at radius 3 is 1.42 bits per heavy atom. The van der Waals surface area contributed by atoms with Crippen LogP contribution in [0.2, 0.25) is 0 Å². The summed E-state index contributed by atoms with van der Waals surface area (Å²) in [6, 6.07) is 13.9. The van der Waals surface area contributed by atoms with Gasteiger partial charge in [0, 0.05) is 22.3 Å². The largest absolute Gasteiger partial charge is 0.377 e. The number of nitrogens with one attached hydrogen (secondary N) is 4. The highest BCUT2D eigenvalue weighted by Crippen LogP contribution is 2.54. The first-order valence-corrected chi connectivity index (χ1v) is 27.9. The highest BCUT2D eigenvalue weighted by Gasteiger charge is 2.58. The molecule has 4 fully saturated rings. The van der Waals surface area contributed by atoms with Crippen molar-refractivity contribution in [2.75, 3.05) is 40.5 Å². The third-order valence-corrected chi connectivity index (χ3v) is 20.0. The number of benzene rings is 2. The maximum atomic E-state index is 14.6. The number of hydrogen-bond donors (Lipinski definition) is 6. The quantitative estimate of drug-likeness (QED) is 0.0919. The average molecular weight is 1050 g/mol. The van der Waals surface area contributed by atoms with Gasteiger partial charge in [0.1, 0.15) is 24.2 Å². The van der Waals surface area contributed by atoms with Gasteiger partial charge in [-0.3, -0.25) is 19.2 Å². The number of hydrogen-bond acceptors (Lipinski definition) is 13. The van der Waals surface area contributed by atoms with E-state index in [0.717, 1.165) is 12.8 Å². The van der Waals surface area contributed by atoms with Crippen LogP contribution in [0.4, 0.5) is 0 Å². The van der Waals surface area contributed by atoms with Crippen molar-refractivity contribution < 1.29 is 33.4 Å². The van der Waals surface area contributed by atoms with E-state index in [1.807, 2.05) is 55.6 Å². The predicted octanol–water partition coefficient (Wildman–Crippen LogP) is 4.13. The van der Waals surface area contributed by atoms with E-state index >= 15 is 0 Å². The molecule has 0 aromatic heterocycles. The summed E-state index contributed by atoms with van der Waals surface area (Å²) >= 11 is 15.1. The van der Waals surface area contributed by atoms with Crippen LogP contribution in [0, 0.1) is 10.8 Å². The van der Waals surface area contributed by atoms with Crippen molar-refractivity contribution in [3.63, 3.8) is 0 Å². The standard InChI is InChI=1S/C52H74N8O7S4/c1-27(55-7)47(68)57-33-23-37(70-39-25-51(3,4)43(45(53)61)59(39)49(33)63)41-31-15-11-9-13-29(31)21-35(41)66-19-17-65-18-20-67-36-22-30-14-10-12-16-32(30)42(36)38-24-34(58-48(69)28(2)56-8)50(64)60-40(71-38)26-52(5,6)44(60)46(54)62/h9-16,27-28,33-44,55-56H,17-26H2,1-8H3,(H2,53,61)(H2,54,62)(H,57,68)(H,58,69)/t27-,28-,33?,34?,35?,36?,37+,38+,39?,40?,41-,42-,43?,44?/m0/s1. The summed E-state index contributed by atoms with van der Waals surface area (Å²) in [6.07, 6.45) is 3.41. The Kier molecular flexibility index (Phi) is 16.9. The van der Waals surface area contributed by atoms with E-state index in [1.165, 1.54) is 22.3 Å². The molecule has 8 rings (SSSR count). The van der Waals surface area contributed by atoms with Crippen LogP contribution in [0.5, 0.6) is 0 Å². The van der Waals surface area contributed by atoms with E-state index in [2.05, 4.69) is 69.8 Å². The normalized spacial score (nSPS) is 32.5. The van der Waals surface area contributed by atoms with E-state index in [9.17, 15) is 19.2 Å². The lowest BCUT2D eigenvalue weighted by atomic mass is 9.84. The number of amides is 4. The number of fused-ring (bicyclic) bond motifs is 4. The molecular formula is C52H74N8O7S4. The topological polar surface area (TPSA) is 203 Å². The molecule has 8 N–H and O–H groups in total. The van der Waals surface area contributed by atoms with Crippen LogP contribution in [0.1, 0.15) is 101 Å². The van der Waals surface area contributed by atoms with Crippen molar-refractivity contribution in [3.05, 3.63) is 70.8 Å². The number of likely N-dealkylation sites (N-methyl/N-ethyl adjacent to an activating group) is 2. The minimum absolute atomic E-state index is 0.0261. The van der Waals surface area contributed by atoms with Crippen LogP contribution in [-0.2, 0) is 46.2 Å². The zero-order valence-corrected chi connectivity index (χ0v) is 45.6. The SMILES string of the molecule is CN[C@@H](C)C(=S)NC1C[C@H]([C@H]2c3ccccc3CC2OCCOCCOC2Cc3ccccc3[C@@H]2[C@H]2CC(NC(=S)[C@H](C)NC)C(=O)N3C(CC(C)(C)C3C(N)=O)S2)SC2CC(C)(C)C(C(N)=O)N2C1=O. The van der Waals surface area contributed by atoms with E-state index in [0.29, 0.717) is 62.1 Å². The first kappa shape index (κ1) is 53.9. The molecule has 0 radical (unpaired) electrons. The summed E-state index contributed by atoms with van der Waals surface area (Å²) in [4.78, 5) is 59.8. The van der Waals surface area contributed by atoms with Gasteiger partial charge in [-0.05, 0) is 99.6 Å².